The van der Waals surface area contributed by atoms with Crippen molar-refractivity contribution in [3.63, 3.8) is 0 Å². The van der Waals surface area contributed by atoms with Crippen LogP contribution in [0.25, 0.3) is 6.08 Å². The van der Waals surface area contributed by atoms with E-state index in [0.717, 1.165) is 11.8 Å². The van der Waals surface area contributed by atoms with E-state index in [1.54, 1.807) is 24.3 Å². The van der Waals surface area contributed by atoms with Gasteiger partial charge in [0.25, 0.3) is 11.6 Å². The third-order valence-electron chi connectivity index (χ3n) is 3.27. The van der Waals surface area contributed by atoms with Gasteiger partial charge in [-0.15, -0.1) is 0 Å². The predicted molar refractivity (Wildman–Crippen MR) is 100 cm³/mol. The Labute approximate surface area is 157 Å². The molecule has 10 heteroatoms. The molecule has 26 heavy (non-hydrogen) atoms. The zero-order valence-electron chi connectivity index (χ0n) is 13.3. The summed E-state index contributed by atoms with van der Waals surface area (Å²) in [6.07, 6.45) is 2.80. The van der Waals surface area contributed by atoms with E-state index in [1.807, 2.05) is 0 Å². The molecule has 3 rings (SSSR count). The Balaban J connectivity index is 1.83. The Hall–Kier alpha value is -2.98. The number of nitrogens with zero attached hydrogens (tertiary/aromatic N) is 2. The Bertz CT molecular complexity index is 928. The van der Waals surface area contributed by atoms with Gasteiger partial charge in [-0.2, -0.15) is 0 Å². The van der Waals surface area contributed by atoms with Gasteiger partial charge in [0.2, 0.25) is 5.88 Å². The number of carbonyl (C=O) groups is 1. The van der Waals surface area contributed by atoms with Crippen LogP contribution in [0.1, 0.15) is 5.56 Å². The first kappa shape index (κ1) is 17.8. The maximum Gasteiger partial charge on any atom is 0.287 e. The molecule has 1 saturated heterocycles. The Morgan fingerprint density at radius 3 is 2.69 bits per heavy atom. The van der Waals surface area contributed by atoms with Crippen LogP contribution in [-0.4, -0.2) is 27.2 Å². The molecule has 2 heterocycles. The highest BCUT2D eigenvalue weighted by Crippen LogP contribution is 2.34. The lowest BCUT2D eigenvalue weighted by molar-refractivity contribution is -0.385. The lowest BCUT2D eigenvalue weighted by atomic mass is 10.2. The van der Waals surface area contributed by atoms with Crippen molar-refractivity contribution < 1.29 is 19.2 Å². The van der Waals surface area contributed by atoms with Gasteiger partial charge in [-0.3, -0.25) is 14.9 Å². The second-order valence-electron chi connectivity index (χ2n) is 4.98. The Kier molecular flexibility index (Phi) is 5.14. The van der Waals surface area contributed by atoms with Crippen LogP contribution < -0.4 is 14.8 Å². The molecule has 0 spiro atoms. The predicted octanol–water partition coefficient (Wildman–Crippen LogP) is 3.28. The number of nitro groups is 1. The number of amides is 1. The number of nitrogens with one attached hydrogen (secondary N) is 1. The molecule has 1 amide bonds. The highest BCUT2D eigenvalue weighted by Gasteiger charge is 2.22. The number of thiocarbonyl (C=S) groups is 1. The number of carbonyl (C=O) groups excluding carboxylic acids is 1. The molecule has 132 valence electrons. The summed E-state index contributed by atoms with van der Waals surface area (Å²) < 4.78 is 11.3. The minimum atomic E-state index is -0.539. The van der Waals surface area contributed by atoms with Crippen molar-refractivity contribution in [2.24, 2.45) is 0 Å². The van der Waals surface area contributed by atoms with Crippen molar-refractivity contribution in [2.45, 2.75) is 0 Å². The summed E-state index contributed by atoms with van der Waals surface area (Å²) in [6, 6.07) is 7.79. The lowest BCUT2D eigenvalue weighted by Gasteiger charge is -2.10. The number of hydrogen-bond acceptors (Lipinski definition) is 8. The number of benzene rings is 1. The lowest BCUT2D eigenvalue weighted by Crippen LogP contribution is -2.17. The number of thioether (sulfide) groups is 1. The first-order valence-electron chi connectivity index (χ1n) is 7.17. The van der Waals surface area contributed by atoms with E-state index in [9.17, 15) is 14.9 Å². The standard InChI is InChI=1S/C16H11N3O5S2/c1-23-12-6-9(7-13-15(20)18-16(25)26-13)2-4-11(12)24-14-5-3-10(8-17-14)19(21)22/h2-8H,1H3,(H,18,20,25)/b13-7+. The van der Waals surface area contributed by atoms with Gasteiger partial charge in [0, 0.05) is 12.1 Å². The van der Waals surface area contributed by atoms with Crippen LogP contribution in [0.4, 0.5) is 5.69 Å². The van der Waals surface area contributed by atoms with Gasteiger partial charge in [0.05, 0.1) is 16.9 Å². The fraction of sp³-hybridized carbons (Fsp3) is 0.0625. The van der Waals surface area contributed by atoms with Crippen LogP contribution in [0, 0.1) is 10.1 Å². The van der Waals surface area contributed by atoms with Gasteiger partial charge in [0.15, 0.2) is 11.5 Å². The monoisotopic (exact) mass is 389 g/mol. The highest BCUT2D eigenvalue weighted by molar-refractivity contribution is 8.26. The summed E-state index contributed by atoms with van der Waals surface area (Å²) in [5, 5.41) is 13.2. The SMILES string of the molecule is COc1cc(/C=C2/SC(=S)NC2=O)ccc1Oc1ccc([N+](=O)[O-])cn1. The first-order valence-corrected chi connectivity index (χ1v) is 8.40. The van der Waals surface area contributed by atoms with Crippen molar-refractivity contribution in [1.29, 1.82) is 0 Å². The number of aromatic nitrogens is 1. The molecule has 1 aliphatic heterocycles. The molecule has 1 fully saturated rings. The van der Waals surface area contributed by atoms with Crippen molar-refractivity contribution in [2.75, 3.05) is 7.11 Å². The molecule has 0 bridgehead atoms. The number of hydrogen-bond donors (Lipinski definition) is 1. The molecule has 0 atom stereocenters. The topological polar surface area (TPSA) is 104 Å². The molecule has 2 aromatic rings. The van der Waals surface area contributed by atoms with E-state index in [4.69, 9.17) is 21.7 Å². The van der Waals surface area contributed by atoms with Gasteiger partial charge in [-0.05, 0) is 23.8 Å². The molecular formula is C16H11N3O5S2. The number of methoxy groups -OCH3 is 1. The quantitative estimate of drug-likeness (QED) is 0.360. The Morgan fingerprint density at radius 2 is 2.12 bits per heavy atom. The third-order valence-corrected chi connectivity index (χ3v) is 4.44. The van der Waals surface area contributed by atoms with Gasteiger partial charge in [-0.1, -0.05) is 30.0 Å². The molecule has 0 unspecified atom stereocenters. The molecule has 0 radical (unpaired) electrons. The van der Waals surface area contributed by atoms with Crippen molar-refractivity contribution in [1.82, 2.24) is 10.3 Å². The summed E-state index contributed by atoms with van der Waals surface area (Å²) in [5.41, 5.74) is 0.602. The number of rotatable bonds is 5. The van der Waals surface area contributed by atoms with E-state index in [2.05, 4.69) is 10.3 Å². The van der Waals surface area contributed by atoms with Crippen LogP contribution >= 0.6 is 24.0 Å². The van der Waals surface area contributed by atoms with Crippen LogP contribution in [0.15, 0.2) is 41.4 Å². The average Bonchev–Trinajstić information content (AvgIpc) is 2.93. The summed E-state index contributed by atoms with van der Waals surface area (Å²) in [4.78, 5) is 26.2. The molecule has 0 saturated carbocycles. The normalized spacial score (nSPS) is 15.0. The van der Waals surface area contributed by atoms with E-state index < -0.39 is 4.92 Å². The van der Waals surface area contributed by atoms with Gasteiger partial charge >= 0.3 is 0 Å². The van der Waals surface area contributed by atoms with Gasteiger partial charge in [0.1, 0.15) is 10.5 Å². The second kappa shape index (κ2) is 7.50. The van der Waals surface area contributed by atoms with Crippen LogP contribution in [0.3, 0.4) is 0 Å². The zero-order chi connectivity index (χ0) is 18.7. The third kappa shape index (κ3) is 3.98. The number of ether oxygens (including phenoxy) is 2. The zero-order valence-corrected chi connectivity index (χ0v) is 14.9. The van der Waals surface area contributed by atoms with Crippen LogP contribution in [-0.2, 0) is 4.79 Å². The van der Waals surface area contributed by atoms with Gasteiger partial charge < -0.3 is 14.8 Å². The maximum absolute atomic E-state index is 11.7. The van der Waals surface area contributed by atoms with E-state index in [-0.39, 0.29) is 17.5 Å². The fourth-order valence-corrected chi connectivity index (χ4v) is 3.13. The average molecular weight is 389 g/mol. The molecule has 1 N–H and O–H groups in total. The van der Waals surface area contributed by atoms with Crippen molar-refractivity contribution in [3.8, 4) is 17.4 Å². The molecule has 1 aliphatic rings. The largest absolute Gasteiger partial charge is 0.493 e. The second-order valence-corrected chi connectivity index (χ2v) is 6.70. The molecule has 1 aromatic carbocycles. The minimum Gasteiger partial charge on any atom is -0.493 e. The molecule has 0 aliphatic carbocycles. The van der Waals surface area contributed by atoms with Crippen molar-refractivity contribution >= 4 is 46.0 Å². The van der Waals surface area contributed by atoms with E-state index >= 15 is 0 Å². The number of pyridine rings is 1. The summed E-state index contributed by atoms with van der Waals surface area (Å²) in [7, 11) is 1.48. The minimum absolute atomic E-state index is 0.128. The van der Waals surface area contributed by atoms with E-state index in [0.29, 0.717) is 20.7 Å². The van der Waals surface area contributed by atoms with Gasteiger partial charge in [-0.25, -0.2) is 4.98 Å². The smallest absolute Gasteiger partial charge is 0.287 e. The maximum atomic E-state index is 11.7. The van der Waals surface area contributed by atoms with Crippen LogP contribution in [0.5, 0.6) is 17.4 Å². The summed E-state index contributed by atoms with van der Waals surface area (Å²) in [6.45, 7) is 0. The first-order chi connectivity index (χ1) is 12.5. The molecule has 1 aromatic heterocycles. The van der Waals surface area contributed by atoms with E-state index in [1.165, 1.54) is 31.0 Å². The summed E-state index contributed by atoms with van der Waals surface area (Å²) in [5.74, 6) is 0.756. The molecular weight excluding hydrogens is 378 g/mol. The fourth-order valence-electron chi connectivity index (χ4n) is 2.08. The highest BCUT2D eigenvalue weighted by atomic mass is 32.2. The summed E-state index contributed by atoms with van der Waals surface area (Å²) >= 11 is 6.14. The van der Waals surface area contributed by atoms with Crippen LogP contribution in [0.2, 0.25) is 0 Å². The Morgan fingerprint density at radius 1 is 1.31 bits per heavy atom. The molecule has 8 nitrogen and oxygen atoms in total. The van der Waals surface area contributed by atoms with Crippen molar-refractivity contribution in [3.05, 3.63) is 57.1 Å².